The normalized spacial score (nSPS) is 11.3. The number of nitrogen functional groups attached to an aromatic ring is 1. The summed E-state index contributed by atoms with van der Waals surface area (Å²) in [6.45, 7) is 0.421. The molecule has 2 aromatic rings. The predicted octanol–water partition coefficient (Wildman–Crippen LogP) is 2.08. The molecule has 6 nitrogen and oxygen atoms in total. The van der Waals surface area contributed by atoms with Crippen LogP contribution in [0.15, 0.2) is 53.5 Å². The molecule has 6 heteroatoms. The van der Waals surface area contributed by atoms with Crippen molar-refractivity contribution in [2.24, 2.45) is 10.7 Å². The molecule has 0 aliphatic rings. The van der Waals surface area contributed by atoms with Crippen LogP contribution in [0.5, 0.6) is 0 Å². The highest BCUT2D eigenvalue weighted by Crippen LogP contribution is 2.22. The van der Waals surface area contributed by atoms with Crippen LogP contribution in [0.25, 0.3) is 0 Å². The fourth-order valence-corrected chi connectivity index (χ4v) is 1.71. The summed E-state index contributed by atoms with van der Waals surface area (Å²) in [5, 5.41) is 10.8. The monoisotopic (exact) mass is 270 g/mol. The molecule has 0 aromatic heterocycles. The molecule has 2 aromatic carbocycles. The van der Waals surface area contributed by atoms with Gasteiger partial charge in [0.2, 0.25) is 0 Å². The van der Waals surface area contributed by atoms with E-state index in [0.29, 0.717) is 12.1 Å². The van der Waals surface area contributed by atoms with Crippen LogP contribution < -0.4 is 11.5 Å². The number of amidine groups is 1. The average Bonchev–Trinajstić information content (AvgIpc) is 2.46. The molecule has 4 N–H and O–H groups in total. The van der Waals surface area contributed by atoms with Crippen LogP contribution in [-0.2, 0) is 6.54 Å². The molecule has 0 saturated carbocycles. The van der Waals surface area contributed by atoms with Crippen molar-refractivity contribution in [3.63, 3.8) is 0 Å². The van der Waals surface area contributed by atoms with Crippen molar-refractivity contribution >= 4 is 17.2 Å². The van der Waals surface area contributed by atoms with E-state index in [9.17, 15) is 10.1 Å². The first-order valence-corrected chi connectivity index (χ1v) is 5.96. The lowest BCUT2D eigenvalue weighted by Gasteiger charge is -2.03. The molecule has 0 saturated heterocycles. The third kappa shape index (κ3) is 3.11. The van der Waals surface area contributed by atoms with Gasteiger partial charge in [-0.3, -0.25) is 15.1 Å². The van der Waals surface area contributed by atoms with E-state index in [0.717, 1.165) is 5.56 Å². The van der Waals surface area contributed by atoms with Crippen molar-refractivity contribution in [3.8, 4) is 0 Å². The second-order valence-corrected chi connectivity index (χ2v) is 4.22. The number of nitrogens with zero attached hydrogens (tertiary/aromatic N) is 2. The number of benzene rings is 2. The highest BCUT2D eigenvalue weighted by atomic mass is 16.6. The number of rotatable bonds is 4. The molecule has 102 valence electrons. The van der Waals surface area contributed by atoms with Crippen LogP contribution in [0, 0.1) is 10.1 Å². The molecule has 0 spiro atoms. The van der Waals surface area contributed by atoms with E-state index >= 15 is 0 Å². The van der Waals surface area contributed by atoms with Crippen LogP contribution in [-0.4, -0.2) is 10.8 Å². The smallest absolute Gasteiger partial charge is 0.292 e. The first-order valence-electron chi connectivity index (χ1n) is 5.96. The Morgan fingerprint density at radius 1 is 1.20 bits per heavy atom. The van der Waals surface area contributed by atoms with Crippen LogP contribution >= 0.6 is 0 Å². The van der Waals surface area contributed by atoms with E-state index in [1.807, 2.05) is 30.3 Å². The molecule has 0 amide bonds. The Balaban J connectivity index is 2.23. The van der Waals surface area contributed by atoms with Gasteiger partial charge in [-0.25, -0.2) is 0 Å². The molecule has 0 unspecified atom stereocenters. The third-order valence-corrected chi connectivity index (χ3v) is 2.80. The zero-order chi connectivity index (χ0) is 14.5. The molecular formula is C14H14N4O2. The number of hydrogen-bond acceptors (Lipinski definition) is 4. The Kier molecular flexibility index (Phi) is 3.95. The molecule has 0 aliphatic carbocycles. The van der Waals surface area contributed by atoms with Crippen LogP contribution in [0.1, 0.15) is 11.1 Å². The third-order valence-electron chi connectivity index (χ3n) is 2.80. The maximum atomic E-state index is 10.8. The van der Waals surface area contributed by atoms with E-state index in [1.165, 1.54) is 12.1 Å². The van der Waals surface area contributed by atoms with E-state index in [4.69, 9.17) is 11.5 Å². The maximum absolute atomic E-state index is 10.8. The zero-order valence-corrected chi connectivity index (χ0v) is 10.7. The van der Waals surface area contributed by atoms with Crippen molar-refractivity contribution in [2.75, 3.05) is 5.73 Å². The highest BCUT2D eigenvalue weighted by molar-refractivity contribution is 5.98. The summed E-state index contributed by atoms with van der Waals surface area (Å²) >= 11 is 0. The quantitative estimate of drug-likeness (QED) is 0.291. The molecule has 0 heterocycles. The Morgan fingerprint density at radius 2 is 1.90 bits per heavy atom. The van der Waals surface area contributed by atoms with Crippen LogP contribution in [0.4, 0.5) is 11.4 Å². The largest absolute Gasteiger partial charge is 0.393 e. The summed E-state index contributed by atoms with van der Waals surface area (Å²) in [7, 11) is 0. The molecule has 0 bridgehead atoms. The van der Waals surface area contributed by atoms with E-state index in [-0.39, 0.29) is 17.2 Å². The Labute approximate surface area is 115 Å². The van der Waals surface area contributed by atoms with Gasteiger partial charge >= 0.3 is 0 Å². The summed E-state index contributed by atoms with van der Waals surface area (Å²) in [6, 6.07) is 14.0. The average molecular weight is 270 g/mol. The zero-order valence-electron chi connectivity index (χ0n) is 10.7. The number of nitro groups is 1. The number of anilines is 1. The van der Waals surface area contributed by atoms with E-state index in [1.54, 1.807) is 6.07 Å². The second kappa shape index (κ2) is 5.83. The van der Waals surface area contributed by atoms with Crippen molar-refractivity contribution in [3.05, 3.63) is 69.8 Å². The summed E-state index contributed by atoms with van der Waals surface area (Å²) in [5.41, 5.74) is 12.8. The summed E-state index contributed by atoms with van der Waals surface area (Å²) < 4.78 is 0. The van der Waals surface area contributed by atoms with Crippen LogP contribution in [0.3, 0.4) is 0 Å². The fraction of sp³-hybridized carbons (Fsp3) is 0.0714. The Hall–Kier alpha value is -2.89. The first kappa shape index (κ1) is 13.5. The maximum Gasteiger partial charge on any atom is 0.292 e. The Morgan fingerprint density at radius 3 is 2.55 bits per heavy atom. The van der Waals surface area contributed by atoms with E-state index < -0.39 is 4.92 Å². The minimum Gasteiger partial charge on any atom is -0.393 e. The van der Waals surface area contributed by atoms with Crippen LogP contribution in [0.2, 0.25) is 0 Å². The van der Waals surface area contributed by atoms with Crippen molar-refractivity contribution in [1.29, 1.82) is 0 Å². The fourth-order valence-electron chi connectivity index (χ4n) is 1.71. The van der Waals surface area contributed by atoms with Crippen molar-refractivity contribution in [2.45, 2.75) is 6.54 Å². The van der Waals surface area contributed by atoms with Gasteiger partial charge in [0.05, 0.1) is 11.5 Å². The number of nitro benzene ring substituents is 1. The molecule has 2 rings (SSSR count). The van der Waals surface area contributed by atoms with Gasteiger partial charge in [-0.15, -0.1) is 0 Å². The number of aliphatic imine (C=N–C) groups is 1. The SMILES string of the molecule is NC(=NCc1ccccc1)c1ccc(N)c([N+](=O)[O-])c1. The minimum atomic E-state index is -0.538. The lowest BCUT2D eigenvalue weighted by atomic mass is 10.1. The first-order chi connectivity index (χ1) is 9.58. The number of hydrogen-bond donors (Lipinski definition) is 2. The molecule has 0 fully saturated rings. The molecule has 0 atom stereocenters. The summed E-state index contributed by atoms with van der Waals surface area (Å²) in [4.78, 5) is 14.5. The lowest BCUT2D eigenvalue weighted by molar-refractivity contribution is -0.383. The van der Waals surface area contributed by atoms with Gasteiger partial charge in [0.15, 0.2) is 0 Å². The molecule has 20 heavy (non-hydrogen) atoms. The van der Waals surface area contributed by atoms with Crippen molar-refractivity contribution in [1.82, 2.24) is 0 Å². The molecule has 0 aliphatic heterocycles. The predicted molar refractivity (Wildman–Crippen MR) is 78.4 cm³/mol. The number of nitrogens with two attached hydrogens (primary N) is 2. The summed E-state index contributed by atoms with van der Waals surface area (Å²) in [5.74, 6) is 0.247. The standard InChI is InChI=1S/C14H14N4O2/c15-12-7-6-11(8-13(12)18(19)20)14(16)17-9-10-4-2-1-3-5-10/h1-8H,9,15H2,(H2,16,17). The van der Waals surface area contributed by atoms with Gasteiger partial charge in [-0.2, -0.15) is 0 Å². The summed E-state index contributed by atoms with van der Waals surface area (Å²) in [6.07, 6.45) is 0. The van der Waals surface area contributed by atoms with Gasteiger partial charge in [0.1, 0.15) is 11.5 Å². The van der Waals surface area contributed by atoms with Crippen molar-refractivity contribution < 1.29 is 4.92 Å². The van der Waals surface area contributed by atoms with E-state index in [2.05, 4.69) is 4.99 Å². The van der Waals surface area contributed by atoms with Gasteiger partial charge in [0.25, 0.3) is 5.69 Å². The lowest BCUT2D eigenvalue weighted by Crippen LogP contribution is -2.14. The topological polar surface area (TPSA) is 108 Å². The van der Waals surface area contributed by atoms with Gasteiger partial charge in [0, 0.05) is 11.6 Å². The highest BCUT2D eigenvalue weighted by Gasteiger charge is 2.13. The van der Waals surface area contributed by atoms with Gasteiger partial charge in [-0.1, -0.05) is 30.3 Å². The molecular weight excluding hydrogens is 256 g/mol. The van der Waals surface area contributed by atoms with Gasteiger partial charge < -0.3 is 11.5 Å². The molecule has 0 radical (unpaired) electrons. The minimum absolute atomic E-state index is 0.106. The Bertz CT molecular complexity index is 653. The van der Waals surface area contributed by atoms with Gasteiger partial charge in [-0.05, 0) is 17.7 Å². The second-order valence-electron chi connectivity index (χ2n) is 4.22.